The molecule has 1 aromatic carbocycles. The lowest BCUT2D eigenvalue weighted by molar-refractivity contribution is -0.141. The molecular formula is C18H15ClF4N6O2. The first-order valence-corrected chi connectivity index (χ1v) is 8.99. The number of urea groups is 1. The van der Waals surface area contributed by atoms with Gasteiger partial charge in [0.25, 0.3) is 0 Å². The van der Waals surface area contributed by atoms with Crippen LogP contribution >= 0.6 is 11.6 Å². The molecule has 0 aliphatic heterocycles. The summed E-state index contributed by atoms with van der Waals surface area (Å²) in [6.07, 6.45) is -3.34. The molecule has 0 fully saturated rings. The number of ether oxygens (including phenoxy) is 1. The Bertz CT molecular complexity index is 1100. The molecule has 13 heteroatoms. The molecule has 2 amide bonds. The highest BCUT2D eigenvalue weighted by Crippen LogP contribution is 2.29. The van der Waals surface area contributed by atoms with Crippen LogP contribution in [0.1, 0.15) is 17.1 Å². The quantitative estimate of drug-likeness (QED) is 0.546. The molecule has 0 aliphatic carbocycles. The van der Waals surface area contributed by atoms with Crippen molar-refractivity contribution in [3.8, 4) is 6.01 Å². The Labute approximate surface area is 178 Å². The number of aryl methyl sites for hydroxylation is 1. The maximum Gasteiger partial charge on any atom is 0.432 e. The zero-order valence-electron chi connectivity index (χ0n) is 16.1. The van der Waals surface area contributed by atoms with E-state index in [1.807, 2.05) is 5.10 Å². The second kappa shape index (κ2) is 8.76. The summed E-state index contributed by atoms with van der Waals surface area (Å²) in [5.74, 6) is -0.674. The lowest BCUT2D eigenvalue weighted by Crippen LogP contribution is -2.35. The van der Waals surface area contributed by atoms with Crippen molar-refractivity contribution in [3.05, 3.63) is 58.4 Å². The van der Waals surface area contributed by atoms with Gasteiger partial charge in [-0.05, 0) is 31.2 Å². The Morgan fingerprint density at radius 3 is 2.65 bits per heavy atom. The number of hydrogen-bond acceptors (Lipinski definition) is 5. The molecule has 0 spiro atoms. The van der Waals surface area contributed by atoms with E-state index in [0.717, 1.165) is 17.0 Å². The van der Waals surface area contributed by atoms with Crippen LogP contribution in [-0.2, 0) is 12.7 Å². The van der Waals surface area contributed by atoms with Crippen LogP contribution in [0, 0.1) is 12.7 Å². The number of halogens is 5. The Hall–Kier alpha value is -3.41. The summed E-state index contributed by atoms with van der Waals surface area (Å²) in [5, 5.41) is 7.82. The highest BCUT2D eigenvalue weighted by molar-refractivity contribution is 6.31. The number of H-pyrrole nitrogens is 1. The van der Waals surface area contributed by atoms with E-state index in [0.29, 0.717) is 5.69 Å². The van der Waals surface area contributed by atoms with Crippen molar-refractivity contribution in [2.75, 3.05) is 17.3 Å². The molecule has 0 saturated carbocycles. The Morgan fingerprint density at radius 2 is 2.06 bits per heavy atom. The average molecular weight is 459 g/mol. The molecule has 3 aromatic rings. The second-order valence-corrected chi connectivity index (χ2v) is 6.65. The van der Waals surface area contributed by atoms with Gasteiger partial charge in [-0.25, -0.2) is 14.2 Å². The lowest BCUT2D eigenvalue weighted by atomic mass is 10.2. The fraction of sp³-hybridized carbons (Fsp3) is 0.222. The van der Waals surface area contributed by atoms with Crippen LogP contribution in [-0.4, -0.2) is 33.3 Å². The zero-order chi connectivity index (χ0) is 22.8. The fourth-order valence-corrected chi connectivity index (χ4v) is 2.77. The third kappa shape index (κ3) is 5.20. The summed E-state index contributed by atoms with van der Waals surface area (Å²) < 4.78 is 57.0. The molecule has 3 rings (SSSR count). The maximum absolute atomic E-state index is 13.4. The number of nitrogens with one attached hydrogen (secondary N) is 2. The zero-order valence-corrected chi connectivity index (χ0v) is 16.8. The molecule has 31 heavy (non-hydrogen) atoms. The Morgan fingerprint density at radius 1 is 1.32 bits per heavy atom. The van der Waals surface area contributed by atoms with Gasteiger partial charge in [0.15, 0.2) is 0 Å². The number of benzene rings is 1. The summed E-state index contributed by atoms with van der Waals surface area (Å²) in [6, 6.07) is 3.62. The first-order chi connectivity index (χ1) is 14.6. The van der Waals surface area contributed by atoms with Gasteiger partial charge in [0, 0.05) is 5.69 Å². The van der Waals surface area contributed by atoms with Gasteiger partial charge in [0.2, 0.25) is 0 Å². The van der Waals surface area contributed by atoms with Crippen molar-refractivity contribution in [2.45, 2.75) is 19.6 Å². The fourth-order valence-electron chi connectivity index (χ4n) is 2.59. The van der Waals surface area contributed by atoms with E-state index < -0.39 is 23.7 Å². The topological polar surface area (TPSA) is 96.0 Å². The Balaban J connectivity index is 1.94. The third-order valence-corrected chi connectivity index (χ3v) is 4.37. The minimum atomic E-state index is -4.62. The molecular weight excluding hydrogens is 444 g/mol. The van der Waals surface area contributed by atoms with Crippen LogP contribution in [0.2, 0.25) is 5.02 Å². The predicted molar refractivity (Wildman–Crippen MR) is 104 cm³/mol. The SMILES string of the molecule is COc1ncc(N(Cc2cc(C(F)(F)F)[nH]n2)C(=O)Nc2ccc(F)c(Cl)c2)c(C)n1. The number of aromatic nitrogens is 4. The molecule has 2 heterocycles. The molecule has 164 valence electrons. The van der Waals surface area contributed by atoms with Gasteiger partial charge in [-0.2, -0.15) is 23.3 Å². The van der Waals surface area contributed by atoms with E-state index in [-0.39, 0.29) is 34.6 Å². The summed E-state index contributed by atoms with van der Waals surface area (Å²) >= 11 is 5.73. The number of anilines is 2. The smallest absolute Gasteiger partial charge is 0.432 e. The van der Waals surface area contributed by atoms with Crippen LogP contribution < -0.4 is 15.0 Å². The number of rotatable bonds is 5. The summed E-state index contributed by atoms with van der Waals surface area (Å²) in [6.45, 7) is 1.23. The van der Waals surface area contributed by atoms with Crippen LogP contribution in [0.3, 0.4) is 0 Å². The number of hydrogen-bond donors (Lipinski definition) is 2. The summed E-state index contributed by atoms with van der Waals surface area (Å²) in [4.78, 5) is 22.1. The van der Waals surface area contributed by atoms with E-state index in [4.69, 9.17) is 16.3 Å². The first-order valence-electron chi connectivity index (χ1n) is 8.61. The molecule has 0 aliphatic rings. The molecule has 0 unspecified atom stereocenters. The largest absolute Gasteiger partial charge is 0.467 e. The van der Waals surface area contributed by atoms with Crippen molar-refractivity contribution in [1.29, 1.82) is 0 Å². The molecule has 0 radical (unpaired) electrons. The molecule has 0 bridgehead atoms. The van der Waals surface area contributed by atoms with Gasteiger partial charge >= 0.3 is 18.2 Å². The minimum absolute atomic E-state index is 0.0473. The highest BCUT2D eigenvalue weighted by Gasteiger charge is 2.33. The second-order valence-electron chi connectivity index (χ2n) is 6.24. The normalized spacial score (nSPS) is 11.3. The predicted octanol–water partition coefficient (Wildman–Crippen LogP) is 4.57. The summed E-state index contributed by atoms with van der Waals surface area (Å²) in [5.41, 5.74) is -0.425. The van der Waals surface area contributed by atoms with Crippen molar-refractivity contribution in [3.63, 3.8) is 0 Å². The number of alkyl halides is 3. The minimum Gasteiger partial charge on any atom is -0.467 e. The molecule has 8 nitrogen and oxygen atoms in total. The number of methoxy groups -OCH3 is 1. The number of carbonyl (C=O) groups excluding carboxylic acids is 1. The monoisotopic (exact) mass is 458 g/mol. The van der Waals surface area contributed by atoms with Crippen molar-refractivity contribution in [2.24, 2.45) is 0 Å². The van der Waals surface area contributed by atoms with Crippen LogP contribution in [0.25, 0.3) is 0 Å². The Kier molecular flexibility index (Phi) is 6.29. The highest BCUT2D eigenvalue weighted by atomic mass is 35.5. The number of amides is 2. The third-order valence-electron chi connectivity index (χ3n) is 4.08. The van der Waals surface area contributed by atoms with E-state index in [9.17, 15) is 22.4 Å². The lowest BCUT2D eigenvalue weighted by Gasteiger charge is -2.23. The molecule has 2 N–H and O–H groups in total. The van der Waals surface area contributed by atoms with Crippen molar-refractivity contribution in [1.82, 2.24) is 20.2 Å². The van der Waals surface area contributed by atoms with Gasteiger partial charge in [0.05, 0.1) is 41.9 Å². The van der Waals surface area contributed by atoms with Gasteiger partial charge in [-0.3, -0.25) is 10.00 Å². The maximum atomic E-state index is 13.4. The van der Waals surface area contributed by atoms with E-state index in [2.05, 4.69) is 20.4 Å². The van der Waals surface area contributed by atoms with Crippen LogP contribution in [0.15, 0.2) is 30.5 Å². The van der Waals surface area contributed by atoms with E-state index in [1.165, 1.54) is 25.4 Å². The molecule has 0 saturated heterocycles. The van der Waals surface area contributed by atoms with Gasteiger partial charge < -0.3 is 10.1 Å². The van der Waals surface area contributed by atoms with Crippen LogP contribution in [0.5, 0.6) is 6.01 Å². The van der Waals surface area contributed by atoms with E-state index >= 15 is 0 Å². The van der Waals surface area contributed by atoms with Gasteiger partial charge in [0.1, 0.15) is 11.5 Å². The number of carbonyl (C=O) groups is 1. The first kappa shape index (κ1) is 22.3. The number of aromatic amines is 1. The standard InChI is InChI=1S/C18H15ClF4N6O2/c1-9-14(7-24-16(25-9)31-2)29(8-11-6-15(28-27-11)18(21,22)23)17(30)26-10-3-4-13(20)12(19)5-10/h3-7H,8H2,1-2H3,(H,26,30)(H,27,28). The van der Waals surface area contributed by atoms with E-state index in [1.54, 1.807) is 6.92 Å². The number of nitrogens with zero attached hydrogens (tertiary/aromatic N) is 4. The van der Waals surface area contributed by atoms with Gasteiger partial charge in [-0.1, -0.05) is 11.6 Å². The summed E-state index contributed by atoms with van der Waals surface area (Å²) in [7, 11) is 1.36. The van der Waals surface area contributed by atoms with Crippen molar-refractivity contribution >= 4 is 29.0 Å². The molecule has 0 atom stereocenters. The van der Waals surface area contributed by atoms with Crippen LogP contribution in [0.4, 0.5) is 33.7 Å². The molecule has 2 aromatic heterocycles. The average Bonchev–Trinajstić information content (AvgIpc) is 3.18. The van der Waals surface area contributed by atoms with Crippen molar-refractivity contribution < 1.29 is 27.1 Å². The van der Waals surface area contributed by atoms with Gasteiger partial charge in [-0.15, -0.1) is 0 Å².